The molecular formula is C20H26N4O3. The van der Waals surface area contributed by atoms with Crippen LogP contribution >= 0.6 is 0 Å². The van der Waals surface area contributed by atoms with Gasteiger partial charge in [-0.3, -0.25) is 19.1 Å². The first-order valence-electron chi connectivity index (χ1n) is 9.76. The second kappa shape index (κ2) is 8.19. The number of piperidine rings is 1. The number of carbonyl (C=O) groups is 1. The second-order valence-electron chi connectivity index (χ2n) is 7.34. The third-order valence-corrected chi connectivity index (χ3v) is 5.56. The van der Waals surface area contributed by atoms with E-state index in [1.165, 1.54) is 10.9 Å². The molecule has 0 radical (unpaired) electrons. The molecular weight excluding hydrogens is 344 g/mol. The van der Waals surface area contributed by atoms with Crippen LogP contribution in [0.4, 0.5) is 0 Å². The van der Waals surface area contributed by atoms with Gasteiger partial charge in [0, 0.05) is 32.2 Å². The lowest BCUT2D eigenvalue weighted by molar-refractivity contribution is -0.136. The van der Waals surface area contributed by atoms with Crippen molar-refractivity contribution in [1.82, 2.24) is 19.4 Å². The van der Waals surface area contributed by atoms with Gasteiger partial charge >= 0.3 is 0 Å². The molecule has 2 aromatic rings. The molecule has 1 aromatic heterocycles. The minimum atomic E-state index is -0.157. The molecule has 3 heterocycles. The minimum Gasteiger partial charge on any atom is -0.379 e. The summed E-state index contributed by atoms with van der Waals surface area (Å²) in [6.45, 7) is 5.08. The number of aromatic nitrogens is 2. The standard InChI is InChI=1S/C20H26N4O3/c25-19(14-23-15-21-18-7-2-1-6-17(18)20(23)26)24-8-4-3-5-16(24)13-22-9-11-27-12-10-22/h1-2,6-7,15-16H,3-5,8-14H2. The molecule has 0 saturated carbocycles. The first kappa shape index (κ1) is 18.1. The number of fused-ring (bicyclic) bond motifs is 1. The van der Waals surface area contributed by atoms with Crippen LogP contribution in [0.5, 0.6) is 0 Å². The number of morpholine rings is 1. The summed E-state index contributed by atoms with van der Waals surface area (Å²) in [5.41, 5.74) is 0.505. The molecule has 4 rings (SSSR count). The molecule has 0 bridgehead atoms. The van der Waals surface area contributed by atoms with E-state index in [0.717, 1.165) is 58.7 Å². The van der Waals surface area contributed by atoms with Crippen molar-refractivity contribution in [2.24, 2.45) is 0 Å². The highest BCUT2D eigenvalue weighted by atomic mass is 16.5. The van der Waals surface area contributed by atoms with Crippen LogP contribution in [0.2, 0.25) is 0 Å². The number of rotatable bonds is 4. The number of nitrogens with zero attached hydrogens (tertiary/aromatic N) is 4. The molecule has 1 amide bonds. The van der Waals surface area contributed by atoms with Gasteiger partial charge in [0.05, 0.1) is 30.4 Å². The average molecular weight is 370 g/mol. The Balaban J connectivity index is 1.48. The van der Waals surface area contributed by atoms with Crippen LogP contribution in [-0.2, 0) is 16.1 Å². The van der Waals surface area contributed by atoms with Crippen molar-refractivity contribution in [2.75, 3.05) is 39.4 Å². The molecule has 144 valence electrons. The molecule has 0 aliphatic carbocycles. The van der Waals surface area contributed by atoms with Gasteiger partial charge in [0.25, 0.3) is 5.56 Å². The Labute approximate surface area is 158 Å². The molecule has 1 atom stereocenters. The van der Waals surface area contributed by atoms with Crippen molar-refractivity contribution in [3.8, 4) is 0 Å². The predicted octanol–water partition coefficient (Wildman–Crippen LogP) is 1.11. The maximum atomic E-state index is 13.0. The van der Waals surface area contributed by atoms with Gasteiger partial charge in [-0.1, -0.05) is 12.1 Å². The Hall–Kier alpha value is -2.25. The lowest BCUT2D eigenvalue weighted by atomic mass is 10.0. The van der Waals surface area contributed by atoms with E-state index in [2.05, 4.69) is 9.88 Å². The smallest absolute Gasteiger partial charge is 0.261 e. The molecule has 2 saturated heterocycles. The van der Waals surface area contributed by atoms with Crippen molar-refractivity contribution in [3.05, 3.63) is 40.9 Å². The zero-order valence-corrected chi connectivity index (χ0v) is 15.5. The summed E-state index contributed by atoms with van der Waals surface area (Å²) in [4.78, 5) is 34.4. The summed E-state index contributed by atoms with van der Waals surface area (Å²) in [5, 5.41) is 0.552. The highest BCUT2D eigenvalue weighted by Crippen LogP contribution is 2.19. The zero-order valence-electron chi connectivity index (χ0n) is 15.5. The number of hydrogen-bond donors (Lipinski definition) is 0. The van der Waals surface area contributed by atoms with Gasteiger partial charge in [-0.2, -0.15) is 0 Å². The Morgan fingerprint density at radius 1 is 1.15 bits per heavy atom. The largest absolute Gasteiger partial charge is 0.379 e. The van der Waals surface area contributed by atoms with E-state index in [4.69, 9.17) is 4.74 Å². The number of para-hydroxylation sites is 1. The molecule has 2 aliphatic heterocycles. The SMILES string of the molecule is O=C(Cn1cnc2ccccc2c1=O)N1CCCCC1CN1CCOCC1. The Morgan fingerprint density at radius 2 is 1.96 bits per heavy atom. The number of carbonyl (C=O) groups excluding carboxylic acids is 1. The summed E-state index contributed by atoms with van der Waals surface area (Å²) in [5.74, 6) is 0.00661. The van der Waals surface area contributed by atoms with E-state index in [9.17, 15) is 9.59 Å². The van der Waals surface area contributed by atoms with Crippen LogP contribution in [0.15, 0.2) is 35.4 Å². The molecule has 7 heteroatoms. The topological polar surface area (TPSA) is 67.7 Å². The average Bonchev–Trinajstić information content (AvgIpc) is 2.71. The predicted molar refractivity (Wildman–Crippen MR) is 103 cm³/mol. The number of likely N-dealkylation sites (tertiary alicyclic amines) is 1. The van der Waals surface area contributed by atoms with Gasteiger partial charge in [-0.15, -0.1) is 0 Å². The van der Waals surface area contributed by atoms with Crippen LogP contribution < -0.4 is 5.56 Å². The summed E-state index contributed by atoms with van der Waals surface area (Å²) < 4.78 is 6.86. The quantitative estimate of drug-likeness (QED) is 0.807. The van der Waals surface area contributed by atoms with Crippen molar-refractivity contribution in [2.45, 2.75) is 31.8 Å². The molecule has 2 fully saturated rings. The summed E-state index contributed by atoms with van der Waals surface area (Å²) in [6.07, 6.45) is 4.68. The summed E-state index contributed by atoms with van der Waals surface area (Å²) in [6, 6.07) is 7.46. The van der Waals surface area contributed by atoms with Crippen molar-refractivity contribution in [1.29, 1.82) is 0 Å². The van der Waals surface area contributed by atoms with Crippen molar-refractivity contribution < 1.29 is 9.53 Å². The van der Waals surface area contributed by atoms with Gasteiger partial charge in [-0.25, -0.2) is 4.98 Å². The van der Waals surface area contributed by atoms with Crippen molar-refractivity contribution >= 4 is 16.8 Å². The molecule has 27 heavy (non-hydrogen) atoms. The maximum Gasteiger partial charge on any atom is 0.261 e. The fourth-order valence-corrected chi connectivity index (χ4v) is 4.06. The molecule has 2 aliphatic rings. The van der Waals surface area contributed by atoms with Gasteiger partial charge in [0.1, 0.15) is 6.54 Å². The number of ether oxygens (including phenoxy) is 1. The number of hydrogen-bond acceptors (Lipinski definition) is 5. The van der Waals surface area contributed by atoms with Crippen LogP contribution in [0.1, 0.15) is 19.3 Å². The number of amides is 1. The first-order chi connectivity index (χ1) is 13.2. The highest BCUT2D eigenvalue weighted by molar-refractivity contribution is 5.79. The van der Waals surface area contributed by atoms with E-state index >= 15 is 0 Å². The van der Waals surface area contributed by atoms with E-state index in [-0.39, 0.29) is 24.1 Å². The monoisotopic (exact) mass is 370 g/mol. The lowest BCUT2D eigenvalue weighted by Crippen LogP contribution is -2.52. The minimum absolute atomic E-state index is 0.00661. The number of benzene rings is 1. The van der Waals surface area contributed by atoms with Crippen LogP contribution in [0, 0.1) is 0 Å². The Bertz CT molecular complexity index is 860. The summed E-state index contributed by atoms with van der Waals surface area (Å²) in [7, 11) is 0. The normalized spacial score (nSPS) is 21.5. The first-order valence-corrected chi connectivity index (χ1v) is 9.76. The Morgan fingerprint density at radius 3 is 2.81 bits per heavy atom. The maximum absolute atomic E-state index is 13.0. The molecule has 1 unspecified atom stereocenters. The van der Waals surface area contributed by atoms with Crippen molar-refractivity contribution in [3.63, 3.8) is 0 Å². The molecule has 0 N–H and O–H groups in total. The summed E-state index contributed by atoms with van der Waals surface area (Å²) >= 11 is 0. The Kier molecular flexibility index (Phi) is 5.50. The third kappa shape index (κ3) is 4.04. The van der Waals surface area contributed by atoms with Gasteiger partial charge in [0.15, 0.2) is 0 Å². The van der Waals surface area contributed by atoms with Crippen LogP contribution in [0.3, 0.4) is 0 Å². The van der Waals surface area contributed by atoms with Crippen LogP contribution in [-0.4, -0.2) is 70.7 Å². The molecule has 0 spiro atoms. The molecule has 1 aromatic carbocycles. The van der Waals surface area contributed by atoms with E-state index in [0.29, 0.717) is 10.9 Å². The second-order valence-corrected chi connectivity index (χ2v) is 7.34. The highest BCUT2D eigenvalue weighted by Gasteiger charge is 2.29. The zero-order chi connectivity index (χ0) is 18.6. The van der Waals surface area contributed by atoms with E-state index in [1.54, 1.807) is 6.07 Å². The fraction of sp³-hybridized carbons (Fsp3) is 0.550. The van der Waals surface area contributed by atoms with E-state index in [1.807, 2.05) is 23.1 Å². The van der Waals surface area contributed by atoms with E-state index < -0.39 is 0 Å². The third-order valence-electron chi connectivity index (χ3n) is 5.56. The lowest BCUT2D eigenvalue weighted by Gasteiger charge is -2.39. The molecule has 7 nitrogen and oxygen atoms in total. The fourth-order valence-electron chi connectivity index (χ4n) is 4.06. The van der Waals surface area contributed by atoms with Crippen LogP contribution in [0.25, 0.3) is 10.9 Å². The van der Waals surface area contributed by atoms with Gasteiger partial charge < -0.3 is 9.64 Å². The van der Waals surface area contributed by atoms with Gasteiger partial charge in [0.2, 0.25) is 5.91 Å². The van der Waals surface area contributed by atoms with Gasteiger partial charge in [-0.05, 0) is 31.4 Å².